The third-order valence-corrected chi connectivity index (χ3v) is 8.52. The Labute approximate surface area is 237 Å². The van der Waals surface area contributed by atoms with Crippen molar-refractivity contribution >= 4 is 30.9 Å². The lowest BCUT2D eigenvalue weighted by molar-refractivity contribution is -0.141. The average molecular weight is 591 g/mol. The minimum Gasteiger partial charge on any atom is -0.542 e. The summed E-state index contributed by atoms with van der Waals surface area (Å²) in [7, 11) is -2.36. The number of benzene rings is 2. The van der Waals surface area contributed by atoms with Crippen molar-refractivity contribution in [1.82, 2.24) is 0 Å². The lowest BCUT2D eigenvalue weighted by Gasteiger charge is -2.28. The van der Waals surface area contributed by atoms with E-state index < -0.39 is 25.0 Å². The highest BCUT2D eigenvalue weighted by molar-refractivity contribution is 6.71. The van der Waals surface area contributed by atoms with Crippen LogP contribution >= 0.6 is 0 Å². The predicted molar refractivity (Wildman–Crippen MR) is 163 cm³/mol. The first kappa shape index (κ1) is 31.1. The molecule has 0 bridgehead atoms. The van der Waals surface area contributed by atoms with E-state index in [2.05, 4.69) is 65.0 Å². The van der Waals surface area contributed by atoms with Gasteiger partial charge < -0.3 is 27.5 Å². The van der Waals surface area contributed by atoms with Gasteiger partial charge in [-0.2, -0.15) is 0 Å². The normalized spacial score (nSPS) is 18.0. The fourth-order valence-electron chi connectivity index (χ4n) is 4.58. The first-order chi connectivity index (χ1) is 18.0. The second kappa shape index (κ2) is 12.0. The Morgan fingerprint density at radius 2 is 1.23 bits per heavy atom. The molecule has 10 heteroatoms. The van der Waals surface area contributed by atoms with E-state index in [9.17, 15) is 4.79 Å². The Kier molecular flexibility index (Phi) is 9.55. The molecule has 2 atom stereocenters. The second-order valence-corrected chi connectivity index (χ2v) is 26.4. The molecule has 1 heterocycles. The van der Waals surface area contributed by atoms with Crippen LogP contribution in [-0.4, -0.2) is 51.7 Å². The number of carbonyl (C=O) groups excluding carboxylic acids is 1. The molecule has 1 saturated heterocycles. The number of hydrogen-bond donors (Lipinski definition) is 0. The van der Waals surface area contributed by atoms with E-state index in [-0.39, 0.29) is 17.8 Å². The first-order valence-corrected chi connectivity index (χ1v) is 23.8. The van der Waals surface area contributed by atoms with Crippen LogP contribution in [0.2, 0.25) is 58.9 Å². The monoisotopic (exact) mass is 590 g/mol. The molecule has 2 aromatic rings. The fourth-order valence-corrected chi connectivity index (χ4v) is 7.03. The molecular formula is C29H46O7Si3. The molecule has 0 aliphatic carbocycles. The zero-order valence-corrected chi connectivity index (χ0v) is 28.5. The minimum absolute atomic E-state index is 0.0382. The fraction of sp³-hybridized carbons (Fsp3) is 0.552. The number of ether oxygens (including phenoxy) is 3. The van der Waals surface area contributed by atoms with Gasteiger partial charge in [0.2, 0.25) is 25.0 Å². The Morgan fingerprint density at radius 3 is 1.79 bits per heavy atom. The molecule has 0 amide bonds. The molecular weight excluding hydrogens is 545 g/mol. The molecule has 0 saturated carbocycles. The van der Waals surface area contributed by atoms with Gasteiger partial charge in [-0.15, -0.1) is 0 Å². The SMILES string of the molecule is COc1cc(CC2COC(=O)C2Cc2cc(OC)c(O[Si](C)(C)C)c(O[Si](C)(C)C)c2)ccc1O[Si](C)(C)C. The molecule has 0 N–H and O–H groups in total. The van der Waals surface area contributed by atoms with E-state index in [1.54, 1.807) is 14.2 Å². The average Bonchev–Trinajstić information content (AvgIpc) is 3.12. The van der Waals surface area contributed by atoms with Crippen LogP contribution in [0.3, 0.4) is 0 Å². The minimum atomic E-state index is -1.95. The highest BCUT2D eigenvalue weighted by Gasteiger charge is 2.38. The zero-order chi connectivity index (χ0) is 29.2. The van der Waals surface area contributed by atoms with Crippen LogP contribution in [0.25, 0.3) is 0 Å². The molecule has 1 aliphatic heterocycles. The molecule has 2 unspecified atom stereocenters. The van der Waals surface area contributed by atoms with Crippen LogP contribution in [0.15, 0.2) is 30.3 Å². The van der Waals surface area contributed by atoms with Gasteiger partial charge in [0.1, 0.15) is 11.5 Å². The van der Waals surface area contributed by atoms with Crippen molar-refractivity contribution in [2.24, 2.45) is 11.8 Å². The Hall–Kier alpha value is -2.44. The Bertz CT molecular complexity index is 1160. The lowest BCUT2D eigenvalue weighted by Crippen LogP contribution is -2.32. The largest absolute Gasteiger partial charge is 0.542 e. The summed E-state index contributed by atoms with van der Waals surface area (Å²) in [4.78, 5) is 12.9. The van der Waals surface area contributed by atoms with Gasteiger partial charge in [-0.3, -0.25) is 4.79 Å². The lowest BCUT2D eigenvalue weighted by atomic mass is 9.85. The van der Waals surface area contributed by atoms with Crippen LogP contribution in [0.4, 0.5) is 0 Å². The van der Waals surface area contributed by atoms with Crippen LogP contribution in [-0.2, 0) is 22.4 Å². The standard InChI is InChI=1S/C29H46O7Si3/c1-31-25-16-20(12-13-24(25)34-37(3,4)5)14-22-19-33-29(30)23(22)15-21-17-26(32-2)28(36-39(9,10)11)27(18-21)35-38(6,7)8/h12-13,16-18,22-23H,14-15,19H2,1-11H3. The number of cyclic esters (lactones) is 1. The van der Waals surface area contributed by atoms with Gasteiger partial charge in [-0.1, -0.05) is 6.07 Å². The summed E-state index contributed by atoms with van der Waals surface area (Å²) in [5.74, 6) is 3.05. The van der Waals surface area contributed by atoms with Gasteiger partial charge in [0, 0.05) is 5.92 Å². The molecule has 1 aliphatic rings. The maximum absolute atomic E-state index is 12.9. The first-order valence-electron chi connectivity index (χ1n) is 13.6. The Morgan fingerprint density at radius 1 is 0.692 bits per heavy atom. The molecule has 0 radical (unpaired) electrons. The third-order valence-electron chi connectivity index (χ3n) is 6.03. The summed E-state index contributed by atoms with van der Waals surface area (Å²) >= 11 is 0. The van der Waals surface area contributed by atoms with Crippen molar-refractivity contribution in [1.29, 1.82) is 0 Å². The summed E-state index contributed by atoms with van der Waals surface area (Å²) in [5, 5.41) is 0. The van der Waals surface area contributed by atoms with Crippen molar-refractivity contribution in [2.75, 3.05) is 20.8 Å². The summed E-state index contributed by atoms with van der Waals surface area (Å²) in [6.45, 7) is 19.7. The van der Waals surface area contributed by atoms with Crippen LogP contribution in [0.1, 0.15) is 11.1 Å². The molecule has 0 spiro atoms. The number of rotatable bonds is 12. The van der Waals surface area contributed by atoms with Gasteiger partial charge in [0.15, 0.2) is 17.2 Å². The number of hydrogen-bond acceptors (Lipinski definition) is 7. The van der Waals surface area contributed by atoms with Crippen molar-refractivity contribution in [2.45, 2.75) is 71.8 Å². The number of esters is 1. The predicted octanol–water partition coefficient (Wildman–Crippen LogP) is 6.92. The highest BCUT2D eigenvalue weighted by atomic mass is 28.4. The maximum Gasteiger partial charge on any atom is 0.309 e. The smallest absolute Gasteiger partial charge is 0.309 e. The molecule has 2 aromatic carbocycles. The summed E-state index contributed by atoms with van der Waals surface area (Å²) in [6, 6.07) is 10.0. The highest BCUT2D eigenvalue weighted by Crippen LogP contribution is 2.43. The van der Waals surface area contributed by atoms with Crippen LogP contribution in [0.5, 0.6) is 28.7 Å². The molecule has 216 valence electrons. The second-order valence-electron chi connectivity index (χ2n) is 13.2. The molecule has 39 heavy (non-hydrogen) atoms. The molecule has 0 aromatic heterocycles. The zero-order valence-electron chi connectivity index (χ0n) is 25.5. The Balaban J connectivity index is 1.89. The van der Waals surface area contributed by atoms with Gasteiger partial charge in [0.05, 0.1) is 26.7 Å². The van der Waals surface area contributed by atoms with Gasteiger partial charge >= 0.3 is 5.97 Å². The molecule has 3 rings (SSSR count). The van der Waals surface area contributed by atoms with Crippen molar-refractivity contribution in [3.8, 4) is 28.7 Å². The molecule has 7 nitrogen and oxygen atoms in total. The van der Waals surface area contributed by atoms with Gasteiger partial charge in [-0.05, 0) is 107 Å². The van der Waals surface area contributed by atoms with E-state index in [1.165, 1.54) is 0 Å². The topological polar surface area (TPSA) is 72.5 Å². The maximum atomic E-state index is 12.9. The van der Waals surface area contributed by atoms with E-state index in [4.69, 9.17) is 27.5 Å². The van der Waals surface area contributed by atoms with Crippen molar-refractivity contribution in [3.05, 3.63) is 41.5 Å². The van der Waals surface area contributed by atoms with Gasteiger partial charge in [0.25, 0.3) is 0 Å². The number of carbonyl (C=O) groups is 1. The van der Waals surface area contributed by atoms with Crippen LogP contribution < -0.4 is 22.8 Å². The van der Waals surface area contributed by atoms with Crippen LogP contribution in [0, 0.1) is 11.8 Å². The van der Waals surface area contributed by atoms with E-state index in [1.807, 2.05) is 24.3 Å². The number of methoxy groups -OCH3 is 2. The molecule has 1 fully saturated rings. The van der Waals surface area contributed by atoms with E-state index in [0.717, 1.165) is 16.9 Å². The van der Waals surface area contributed by atoms with Crippen molar-refractivity contribution in [3.63, 3.8) is 0 Å². The van der Waals surface area contributed by atoms with Crippen molar-refractivity contribution < 1.29 is 32.3 Å². The quantitative estimate of drug-likeness (QED) is 0.196. The van der Waals surface area contributed by atoms with E-state index >= 15 is 0 Å². The van der Waals surface area contributed by atoms with Gasteiger partial charge in [-0.25, -0.2) is 0 Å². The van der Waals surface area contributed by atoms with E-state index in [0.29, 0.717) is 42.4 Å². The summed E-state index contributed by atoms with van der Waals surface area (Å²) in [5.41, 5.74) is 2.05. The summed E-state index contributed by atoms with van der Waals surface area (Å²) in [6.07, 6.45) is 1.23. The summed E-state index contributed by atoms with van der Waals surface area (Å²) < 4.78 is 36.0. The third kappa shape index (κ3) is 9.04.